The van der Waals surface area contributed by atoms with Crippen LogP contribution < -0.4 is 14.8 Å². The zero-order valence-electron chi connectivity index (χ0n) is 14.8. The van der Waals surface area contributed by atoms with Crippen molar-refractivity contribution in [3.63, 3.8) is 0 Å². The first-order chi connectivity index (χ1) is 12.7. The fourth-order valence-corrected chi connectivity index (χ4v) is 3.53. The number of ketones is 1. The molecule has 1 aliphatic heterocycles. The quantitative estimate of drug-likeness (QED) is 0.902. The predicted molar refractivity (Wildman–Crippen MR) is 102 cm³/mol. The van der Waals surface area contributed by atoms with Gasteiger partial charge in [0.25, 0.3) is 0 Å². The van der Waals surface area contributed by atoms with Gasteiger partial charge < -0.3 is 14.8 Å². The first-order valence-corrected chi connectivity index (χ1v) is 8.58. The van der Waals surface area contributed by atoms with Crippen LogP contribution >= 0.6 is 0 Å². The van der Waals surface area contributed by atoms with Gasteiger partial charge in [-0.3, -0.25) is 9.79 Å². The Balaban J connectivity index is 1.67. The van der Waals surface area contributed by atoms with Crippen molar-refractivity contribution in [2.24, 2.45) is 4.99 Å². The Hall–Kier alpha value is -3.08. The van der Waals surface area contributed by atoms with Gasteiger partial charge in [-0.15, -0.1) is 0 Å². The Morgan fingerprint density at radius 3 is 2.65 bits per heavy atom. The molecule has 0 spiro atoms. The lowest BCUT2D eigenvalue weighted by molar-refractivity contribution is -0.115. The minimum absolute atomic E-state index is 0.0900. The van der Waals surface area contributed by atoms with Gasteiger partial charge in [0.2, 0.25) is 0 Å². The molecule has 2 aromatic carbocycles. The average Bonchev–Trinajstić information content (AvgIpc) is 2.86. The number of carbonyl (C=O) groups is 1. The van der Waals surface area contributed by atoms with Crippen molar-refractivity contribution < 1.29 is 14.3 Å². The molecular formula is C21H20N2O3. The molecule has 0 fully saturated rings. The van der Waals surface area contributed by atoms with Crippen molar-refractivity contribution >= 4 is 23.4 Å². The first-order valence-electron chi connectivity index (χ1n) is 8.58. The van der Waals surface area contributed by atoms with Crippen LogP contribution in [-0.4, -0.2) is 26.2 Å². The van der Waals surface area contributed by atoms with Gasteiger partial charge >= 0.3 is 0 Å². The van der Waals surface area contributed by atoms with Crippen molar-refractivity contribution in [2.45, 2.75) is 18.8 Å². The van der Waals surface area contributed by atoms with Crippen LogP contribution in [-0.2, 0) is 4.79 Å². The van der Waals surface area contributed by atoms with Gasteiger partial charge in [-0.1, -0.05) is 18.2 Å². The van der Waals surface area contributed by atoms with Crippen LogP contribution in [0.2, 0.25) is 0 Å². The third-order valence-electron chi connectivity index (χ3n) is 4.91. The van der Waals surface area contributed by atoms with E-state index in [-0.39, 0.29) is 11.7 Å². The number of para-hydroxylation sites is 2. The lowest BCUT2D eigenvalue weighted by Crippen LogP contribution is -2.22. The minimum Gasteiger partial charge on any atom is -0.493 e. The molecule has 0 saturated heterocycles. The molecule has 0 radical (unpaired) electrons. The number of fused-ring (bicyclic) bond motifs is 1. The second kappa shape index (κ2) is 6.67. The molecule has 1 heterocycles. The molecule has 4 rings (SSSR count). The molecule has 1 aliphatic carbocycles. The first kappa shape index (κ1) is 16.4. The monoisotopic (exact) mass is 348 g/mol. The maximum absolute atomic E-state index is 12.7. The van der Waals surface area contributed by atoms with E-state index < -0.39 is 0 Å². The predicted octanol–water partition coefficient (Wildman–Crippen LogP) is 4.23. The highest BCUT2D eigenvalue weighted by molar-refractivity contribution is 6.16. The number of ether oxygens (including phenoxy) is 2. The second-order valence-electron chi connectivity index (χ2n) is 6.44. The summed E-state index contributed by atoms with van der Waals surface area (Å²) in [5, 5.41) is 3.42. The van der Waals surface area contributed by atoms with Gasteiger partial charge in [-0.25, -0.2) is 0 Å². The zero-order valence-corrected chi connectivity index (χ0v) is 14.8. The SMILES string of the molecule is COc1ccc([C@H]2CC(=O)C3=C(C2)Nc2ccccc2N=C3)cc1OC. The van der Waals surface area contributed by atoms with Gasteiger partial charge in [0.15, 0.2) is 17.3 Å². The number of aliphatic imine (C=N–C) groups is 1. The summed E-state index contributed by atoms with van der Waals surface area (Å²) in [7, 11) is 3.24. The number of benzene rings is 2. The number of anilines is 1. The molecule has 2 aliphatic rings. The van der Waals surface area contributed by atoms with Gasteiger partial charge in [0.05, 0.1) is 31.2 Å². The number of hydrogen-bond donors (Lipinski definition) is 1. The zero-order chi connectivity index (χ0) is 18.1. The lowest BCUT2D eigenvalue weighted by atomic mass is 9.82. The molecule has 132 valence electrons. The summed E-state index contributed by atoms with van der Waals surface area (Å²) in [5.74, 6) is 1.56. The van der Waals surface area contributed by atoms with E-state index in [0.717, 1.165) is 29.1 Å². The molecule has 5 heteroatoms. The molecule has 0 unspecified atom stereocenters. The fourth-order valence-electron chi connectivity index (χ4n) is 3.53. The van der Waals surface area contributed by atoms with Crippen LogP contribution in [0.15, 0.2) is 58.7 Å². The Morgan fingerprint density at radius 2 is 1.85 bits per heavy atom. The van der Waals surface area contributed by atoms with Crippen LogP contribution in [0.5, 0.6) is 11.5 Å². The number of nitrogens with one attached hydrogen (secondary N) is 1. The highest BCUT2D eigenvalue weighted by atomic mass is 16.5. The molecule has 0 bridgehead atoms. The number of carbonyl (C=O) groups excluding carboxylic acids is 1. The summed E-state index contributed by atoms with van der Waals surface area (Å²) >= 11 is 0. The summed E-state index contributed by atoms with van der Waals surface area (Å²) in [6, 6.07) is 13.7. The molecule has 1 N–H and O–H groups in total. The Kier molecular flexibility index (Phi) is 4.21. The highest BCUT2D eigenvalue weighted by Crippen LogP contribution is 2.40. The number of allylic oxidation sites excluding steroid dienone is 2. The third-order valence-corrected chi connectivity index (χ3v) is 4.91. The topological polar surface area (TPSA) is 59.9 Å². The molecular weight excluding hydrogens is 328 g/mol. The van der Waals surface area contributed by atoms with Crippen LogP contribution in [0.3, 0.4) is 0 Å². The van der Waals surface area contributed by atoms with E-state index in [4.69, 9.17) is 9.47 Å². The number of nitrogens with zero attached hydrogens (tertiary/aromatic N) is 1. The fraction of sp³-hybridized carbons (Fsp3) is 0.238. The van der Waals surface area contributed by atoms with Gasteiger partial charge in [-0.2, -0.15) is 0 Å². The van der Waals surface area contributed by atoms with Crippen molar-refractivity contribution in [2.75, 3.05) is 19.5 Å². The minimum atomic E-state index is 0.0900. The van der Waals surface area contributed by atoms with Crippen LogP contribution in [0, 0.1) is 0 Å². The Morgan fingerprint density at radius 1 is 1.04 bits per heavy atom. The molecule has 5 nitrogen and oxygen atoms in total. The van der Waals surface area contributed by atoms with E-state index in [2.05, 4.69) is 10.3 Å². The van der Waals surface area contributed by atoms with Crippen molar-refractivity contribution in [3.05, 3.63) is 59.3 Å². The summed E-state index contributed by atoms with van der Waals surface area (Å²) in [4.78, 5) is 17.2. The van der Waals surface area contributed by atoms with E-state index >= 15 is 0 Å². The Bertz CT molecular complexity index is 931. The summed E-state index contributed by atoms with van der Waals surface area (Å²) < 4.78 is 10.7. The van der Waals surface area contributed by atoms with E-state index in [1.165, 1.54) is 0 Å². The van der Waals surface area contributed by atoms with Crippen molar-refractivity contribution in [1.29, 1.82) is 0 Å². The van der Waals surface area contributed by atoms with E-state index in [1.807, 2.05) is 42.5 Å². The number of Topliss-reactive ketones (excluding diaryl/α,β-unsaturated/α-hetero) is 1. The van der Waals surface area contributed by atoms with Crippen molar-refractivity contribution in [3.8, 4) is 11.5 Å². The molecule has 26 heavy (non-hydrogen) atoms. The summed E-state index contributed by atoms with van der Waals surface area (Å²) in [6.07, 6.45) is 2.90. The van der Waals surface area contributed by atoms with Gasteiger partial charge in [0, 0.05) is 18.3 Å². The van der Waals surface area contributed by atoms with Gasteiger partial charge in [-0.05, 0) is 42.2 Å². The number of rotatable bonds is 3. The van der Waals surface area contributed by atoms with E-state index in [1.54, 1.807) is 20.4 Å². The van der Waals surface area contributed by atoms with Crippen LogP contribution in [0.25, 0.3) is 0 Å². The molecule has 1 atom stereocenters. The number of hydrogen-bond acceptors (Lipinski definition) is 5. The summed E-state index contributed by atoms with van der Waals surface area (Å²) in [6.45, 7) is 0. The standard InChI is InChI=1S/C21H20N2O3/c1-25-20-8-7-13(11-21(20)26-2)14-9-18-15(19(24)10-14)12-22-16-5-3-4-6-17(16)23-18/h3-8,11-12,14,23H,9-10H2,1-2H3/t14-/m1/s1. The second-order valence-corrected chi connectivity index (χ2v) is 6.44. The van der Waals surface area contributed by atoms with Gasteiger partial charge in [0.1, 0.15) is 0 Å². The largest absolute Gasteiger partial charge is 0.493 e. The van der Waals surface area contributed by atoms with Crippen LogP contribution in [0.4, 0.5) is 11.4 Å². The van der Waals surface area contributed by atoms with E-state index in [9.17, 15) is 4.79 Å². The third kappa shape index (κ3) is 2.86. The summed E-state index contributed by atoms with van der Waals surface area (Å²) in [5.41, 5.74) is 4.44. The lowest BCUT2D eigenvalue weighted by Gasteiger charge is -2.26. The maximum atomic E-state index is 12.7. The number of methoxy groups -OCH3 is 2. The highest BCUT2D eigenvalue weighted by Gasteiger charge is 2.29. The van der Waals surface area contributed by atoms with Crippen LogP contribution in [0.1, 0.15) is 24.3 Å². The van der Waals surface area contributed by atoms with Crippen molar-refractivity contribution in [1.82, 2.24) is 0 Å². The molecule has 0 aromatic heterocycles. The van der Waals surface area contributed by atoms with E-state index in [0.29, 0.717) is 23.5 Å². The maximum Gasteiger partial charge on any atom is 0.166 e. The average molecular weight is 348 g/mol. The smallest absolute Gasteiger partial charge is 0.166 e. The molecule has 2 aromatic rings. The normalized spacial score (nSPS) is 18.5. The molecule has 0 saturated carbocycles. The molecule has 0 amide bonds. The Labute approximate surface area is 152 Å².